The molecule has 0 unspecified atom stereocenters. The van der Waals surface area contributed by atoms with Gasteiger partial charge in [0.2, 0.25) is 0 Å². The van der Waals surface area contributed by atoms with E-state index in [-0.39, 0.29) is 0 Å². The van der Waals surface area contributed by atoms with E-state index >= 15 is 0 Å². The zero-order valence-corrected chi connectivity index (χ0v) is 9.12. The second kappa shape index (κ2) is 3.77. The molecule has 2 N–H and O–H groups in total. The predicted octanol–water partition coefficient (Wildman–Crippen LogP) is 3.55. The van der Waals surface area contributed by atoms with E-state index in [0.29, 0.717) is 0 Å². The summed E-state index contributed by atoms with van der Waals surface area (Å²) in [6, 6.07) is 14.5. The molecule has 2 aromatic rings. The molecule has 0 fully saturated rings. The first-order valence-electron chi connectivity index (χ1n) is 5.10. The molecule has 1 nitrogen and oxygen atoms in total. The van der Waals surface area contributed by atoms with E-state index in [1.165, 1.54) is 11.1 Å². The summed E-state index contributed by atoms with van der Waals surface area (Å²) in [4.78, 5) is 0. The second-order valence-corrected chi connectivity index (χ2v) is 3.91. The largest absolute Gasteiger partial charge is 0.398 e. The molecule has 0 atom stereocenters. The highest BCUT2D eigenvalue weighted by molar-refractivity contribution is 5.79. The third-order valence-corrected chi connectivity index (χ3v) is 2.62. The van der Waals surface area contributed by atoms with Crippen LogP contribution in [0.1, 0.15) is 11.1 Å². The highest BCUT2D eigenvalue weighted by Crippen LogP contribution is 2.29. The number of benzene rings is 2. The van der Waals surface area contributed by atoms with Gasteiger partial charge in [-0.15, -0.1) is 0 Å². The van der Waals surface area contributed by atoms with Gasteiger partial charge in [0.05, 0.1) is 0 Å². The van der Waals surface area contributed by atoms with Crippen LogP contribution in [0.3, 0.4) is 0 Å². The first-order valence-corrected chi connectivity index (χ1v) is 5.10. The van der Waals surface area contributed by atoms with Gasteiger partial charge in [0.15, 0.2) is 0 Å². The van der Waals surface area contributed by atoms with Gasteiger partial charge in [-0.25, -0.2) is 0 Å². The zero-order chi connectivity index (χ0) is 10.8. The average Bonchev–Trinajstić information content (AvgIpc) is 2.24. The quantitative estimate of drug-likeness (QED) is 0.695. The number of anilines is 1. The molecule has 0 saturated heterocycles. The van der Waals surface area contributed by atoms with E-state index in [1.54, 1.807) is 0 Å². The SMILES string of the molecule is Cc1cc(C)c(N)c(-c2ccccc2)c1. The van der Waals surface area contributed by atoms with Gasteiger partial charge in [0.25, 0.3) is 0 Å². The van der Waals surface area contributed by atoms with Crippen molar-refractivity contribution in [2.24, 2.45) is 0 Å². The molecule has 0 aliphatic rings. The highest BCUT2D eigenvalue weighted by atomic mass is 14.6. The molecule has 0 spiro atoms. The van der Waals surface area contributed by atoms with Crippen LogP contribution in [-0.4, -0.2) is 0 Å². The molecule has 0 radical (unpaired) electrons. The maximum absolute atomic E-state index is 6.08. The van der Waals surface area contributed by atoms with E-state index < -0.39 is 0 Å². The second-order valence-electron chi connectivity index (χ2n) is 3.91. The molecule has 2 aromatic carbocycles. The fraction of sp³-hybridized carbons (Fsp3) is 0.143. The Labute approximate surface area is 90.6 Å². The van der Waals surface area contributed by atoms with Crippen molar-refractivity contribution in [2.75, 3.05) is 5.73 Å². The van der Waals surface area contributed by atoms with Crippen LogP contribution in [0.15, 0.2) is 42.5 Å². The fourth-order valence-electron chi connectivity index (χ4n) is 1.84. The summed E-state index contributed by atoms with van der Waals surface area (Å²) in [5.41, 5.74) is 11.7. The third-order valence-electron chi connectivity index (χ3n) is 2.62. The maximum atomic E-state index is 6.08. The van der Waals surface area contributed by atoms with Crippen LogP contribution in [0.5, 0.6) is 0 Å². The fourth-order valence-corrected chi connectivity index (χ4v) is 1.84. The van der Waals surface area contributed by atoms with Crippen molar-refractivity contribution in [2.45, 2.75) is 13.8 Å². The van der Waals surface area contributed by atoms with Gasteiger partial charge in [-0.1, -0.05) is 42.0 Å². The van der Waals surface area contributed by atoms with E-state index in [2.05, 4.69) is 38.1 Å². The maximum Gasteiger partial charge on any atom is 0.0423 e. The van der Waals surface area contributed by atoms with Crippen LogP contribution >= 0.6 is 0 Å². The van der Waals surface area contributed by atoms with Crippen molar-refractivity contribution in [3.8, 4) is 11.1 Å². The monoisotopic (exact) mass is 197 g/mol. The lowest BCUT2D eigenvalue weighted by Gasteiger charge is -2.10. The molecule has 0 aliphatic heterocycles. The molecular weight excluding hydrogens is 182 g/mol. The van der Waals surface area contributed by atoms with Crippen LogP contribution in [0.4, 0.5) is 5.69 Å². The van der Waals surface area contributed by atoms with Gasteiger partial charge in [0.1, 0.15) is 0 Å². The summed E-state index contributed by atoms with van der Waals surface area (Å²) >= 11 is 0. The minimum Gasteiger partial charge on any atom is -0.398 e. The normalized spacial score (nSPS) is 10.3. The van der Waals surface area contributed by atoms with Crippen LogP contribution in [0.25, 0.3) is 11.1 Å². The molecule has 0 saturated carbocycles. The van der Waals surface area contributed by atoms with Crippen molar-refractivity contribution in [1.29, 1.82) is 0 Å². The van der Waals surface area contributed by atoms with E-state index in [0.717, 1.165) is 16.8 Å². The number of nitrogen functional groups attached to an aromatic ring is 1. The number of aryl methyl sites for hydroxylation is 2. The zero-order valence-electron chi connectivity index (χ0n) is 9.12. The lowest BCUT2D eigenvalue weighted by atomic mass is 9.98. The third kappa shape index (κ3) is 1.86. The Morgan fingerprint density at radius 1 is 0.933 bits per heavy atom. The van der Waals surface area contributed by atoms with Gasteiger partial charge in [-0.05, 0) is 31.0 Å². The van der Waals surface area contributed by atoms with Crippen LogP contribution in [0.2, 0.25) is 0 Å². The van der Waals surface area contributed by atoms with Crippen LogP contribution in [-0.2, 0) is 0 Å². The Morgan fingerprint density at radius 3 is 2.27 bits per heavy atom. The summed E-state index contributed by atoms with van der Waals surface area (Å²) in [6.45, 7) is 4.15. The van der Waals surface area contributed by atoms with E-state index in [4.69, 9.17) is 5.73 Å². The smallest absolute Gasteiger partial charge is 0.0423 e. The van der Waals surface area contributed by atoms with Crippen molar-refractivity contribution >= 4 is 5.69 Å². The number of hydrogen-bond acceptors (Lipinski definition) is 1. The molecule has 0 amide bonds. The van der Waals surface area contributed by atoms with Crippen molar-refractivity contribution < 1.29 is 0 Å². The average molecular weight is 197 g/mol. The standard InChI is InChI=1S/C14H15N/c1-10-8-11(2)14(15)13(9-10)12-6-4-3-5-7-12/h3-9H,15H2,1-2H3. The summed E-state index contributed by atoms with van der Waals surface area (Å²) in [5.74, 6) is 0. The van der Waals surface area contributed by atoms with Crippen molar-refractivity contribution in [3.05, 3.63) is 53.6 Å². The Kier molecular flexibility index (Phi) is 2.46. The van der Waals surface area contributed by atoms with Crippen LogP contribution < -0.4 is 5.73 Å². The molecule has 15 heavy (non-hydrogen) atoms. The highest BCUT2D eigenvalue weighted by Gasteiger charge is 2.05. The van der Waals surface area contributed by atoms with Crippen LogP contribution in [0, 0.1) is 13.8 Å². The summed E-state index contributed by atoms with van der Waals surface area (Å²) in [5, 5.41) is 0. The topological polar surface area (TPSA) is 26.0 Å². The minimum atomic E-state index is 0.881. The van der Waals surface area contributed by atoms with Crippen molar-refractivity contribution in [3.63, 3.8) is 0 Å². The lowest BCUT2D eigenvalue weighted by Crippen LogP contribution is -1.94. The number of nitrogens with two attached hydrogens (primary N) is 1. The van der Waals surface area contributed by atoms with E-state index in [1.807, 2.05) is 18.2 Å². The molecule has 0 heterocycles. The van der Waals surface area contributed by atoms with Gasteiger partial charge in [-0.3, -0.25) is 0 Å². The Morgan fingerprint density at radius 2 is 1.60 bits per heavy atom. The molecular formula is C14H15N. The molecule has 1 heteroatoms. The molecule has 0 bridgehead atoms. The Balaban J connectivity index is 2.63. The van der Waals surface area contributed by atoms with E-state index in [9.17, 15) is 0 Å². The minimum absolute atomic E-state index is 0.881. The Hall–Kier alpha value is -1.76. The first-order chi connectivity index (χ1) is 7.18. The van der Waals surface area contributed by atoms with Gasteiger partial charge >= 0.3 is 0 Å². The molecule has 76 valence electrons. The van der Waals surface area contributed by atoms with Gasteiger partial charge in [-0.2, -0.15) is 0 Å². The number of hydrogen-bond donors (Lipinski definition) is 1. The predicted molar refractivity (Wildman–Crippen MR) is 65.8 cm³/mol. The summed E-state index contributed by atoms with van der Waals surface area (Å²) in [7, 11) is 0. The molecule has 0 aliphatic carbocycles. The summed E-state index contributed by atoms with van der Waals surface area (Å²) in [6.07, 6.45) is 0. The molecule has 2 rings (SSSR count). The lowest BCUT2D eigenvalue weighted by molar-refractivity contribution is 1.38. The summed E-state index contributed by atoms with van der Waals surface area (Å²) < 4.78 is 0. The first kappa shape index (κ1) is 9.78. The van der Waals surface area contributed by atoms with Gasteiger partial charge in [0, 0.05) is 11.3 Å². The Bertz CT molecular complexity index is 472. The molecule has 0 aromatic heterocycles. The van der Waals surface area contributed by atoms with Gasteiger partial charge < -0.3 is 5.73 Å². The van der Waals surface area contributed by atoms with Crippen molar-refractivity contribution in [1.82, 2.24) is 0 Å². The number of rotatable bonds is 1.